The first kappa shape index (κ1) is 19.9. The second kappa shape index (κ2) is 8.88. The fourth-order valence-corrected chi connectivity index (χ4v) is 3.45. The molecule has 1 N–H and O–H groups in total. The van der Waals surface area contributed by atoms with Crippen molar-refractivity contribution in [3.63, 3.8) is 0 Å². The van der Waals surface area contributed by atoms with Crippen LogP contribution < -0.4 is 19.5 Å². The lowest BCUT2D eigenvalue weighted by atomic mass is 10.0. The third kappa shape index (κ3) is 4.01. The standard InChI is InChI=1S/C20H22N2O5S/c1-24-15-9-12(10-16(25-2)19(15)26-3)14-11-17(27-22-14)20(23)21-13-7-5-6-8-18(13)28-4/h5-10,17H,11H2,1-4H3,(H,21,23)/t17-/m1/s1. The van der Waals surface area contributed by atoms with E-state index in [0.29, 0.717) is 29.4 Å². The molecule has 1 heterocycles. The van der Waals surface area contributed by atoms with Crippen molar-refractivity contribution in [2.75, 3.05) is 32.9 Å². The molecule has 7 nitrogen and oxygen atoms in total. The quantitative estimate of drug-likeness (QED) is 0.714. The number of hydrogen-bond acceptors (Lipinski definition) is 7. The number of ether oxygens (including phenoxy) is 3. The Balaban J connectivity index is 1.75. The number of thioether (sulfide) groups is 1. The molecule has 0 radical (unpaired) electrons. The molecule has 1 aliphatic rings. The zero-order chi connectivity index (χ0) is 20.1. The van der Waals surface area contributed by atoms with E-state index in [1.54, 1.807) is 45.2 Å². The van der Waals surface area contributed by atoms with Crippen LogP contribution in [0.3, 0.4) is 0 Å². The summed E-state index contributed by atoms with van der Waals surface area (Å²) in [6.07, 6.45) is 1.60. The first-order valence-corrected chi connectivity index (χ1v) is 9.80. The molecule has 0 saturated carbocycles. The Labute approximate surface area is 168 Å². The molecule has 1 amide bonds. The summed E-state index contributed by atoms with van der Waals surface area (Å²) in [6, 6.07) is 11.2. The molecule has 8 heteroatoms. The maximum Gasteiger partial charge on any atom is 0.268 e. The van der Waals surface area contributed by atoms with E-state index >= 15 is 0 Å². The van der Waals surface area contributed by atoms with E-state index in [1.165, 1.54) is 0 Å². The van der Waals surface area contributed by atoms with Crippen LogP contribution in [0.15, 0.2) is 46.4 Å². The first-order valence-electron chi connectivity index (χ1n) is 8.58. The number of rotatable bonds is 7. The van der Waals surface area contributed by atoms with E-state index < -0.39 is 6.10 Å². The number of hydrogen-bond donors (Lipinski definition) is 1. The lowest BCUT2D eigenvalue weighted by molar-refractivity contribution is -0.125. The molecule has 0 aromatic heterocycles. The van der Waals surface area contributed by atoms with Crippen LogP contribution in [-0.4, -0.2) is 45.3 Å². The van der Waals surface area contributed by atoms with Crippen molar-refractivity contribution in [2.45, 2.75) is 17.4 Å². The Morgan fingerprint density at radius 3 is 2.43 bits per heavy atom. The Kier molecular flexibility index (Phi) is 6.30. The van der Waals surface area contributed by atoms with E-state index in [9.17, 15) is 4.79 Å². The molecule has 0 fully saturated rings. The molecule has 0 saturated heterocycles. The minimum atomic E-state index is -0.705. The highest BCUT2D eigenvalue weighted by atomic mass is 32.2. The van der Waals surface area contributed by atoms with Crippen LogP contribution in [0.1, 0.15) is 12.0 Å². The van der Waals surface area contributed by atoms with Crippen molar-refractivity contribution in [3.8, 4) is 17.2 Å². The Morgan fingerprint density at radius 2 is 1.82 bits per heavy atom. The lowest BCUT2D eigenvalue weighted by Gasteiger charge is -2.14. The minimum Gasteiger partial charge on any atom is -0.493 e. The first-order chi connectivity index (χ1) is 13.6. The van der Waals surface area contributed by atoms with E-state index in [1.807, 2.05) is 30.5 Å². The maximum absolute atomic E-state index is 12.6. The van der Waals surface area contributed by atoms with Gasteiger partial charge in [-0.05, 0) is 30.5 Å². The average molecular weight is 402 g/mol. The summed E-state index contributed by atoms with van der Waals surface area (Å²) in [6.45, 7) is 0. The smallest absolute Gasteiger partial charge is 0.268 e. The van der Waals surface area contributed by atoms with Crippen LogP contribution in [-0.2, 0) is 9.63 Å². The third-order valence-corrected chi connectivity index (χ3v) is 5.12. The number of amides is 1. The van der Waals surface area contributed by atoms with Crippen molar-refractivity contribution in [1.82, 2.24) is 0 Å². The lowest BCUT2D eigenvalue weighted by Crippen LogP contribution is -2.28. The molecular weight excluding hydrogens is 380 g/mol. The summed E-state index contributed by atoms with van der Waals surface area (Å²) in [7, 11) is 4.64. The highest BCUT2D eigenvalue weighted by Gasteiger charge is 2.30. The van der Waals surface area contributed by atoms with Gasteiger partial charge in [-0.25, -0.2) is 0 Å². The molecule has 0 spiro atoms. The van der Waals surface area contributed by atoms with E-state index in [2.05, 4.69) is 10.5 Å². The molecule has 2 aromatic rings. The highest BCUT2D eigenvalue weighted by Crippen LogP contribution is 2.39. The zero-order valence-corrected chi connectivity index (χ0v) is 17.0. The fraction of sp³-hybridized carbons (Fsp3) is 0.300. The minimum absolute atomic E-state index is 0.243. The normalized spacial score (nSPS) is 15.4. The topological polar surface area (TPSA) is 78.4 Å². The molecular formula is C20H22N2O5S. The summed E-state index contributed by atoms with van der Waals surface area (Å²) in [5, 5.41) is 7.01. The number of benzene rings is 2. The number of nitrogens with zero attached hydrogens (tertiary/aromatic N) is 1. The van der Waals surface area contributed by atoms with Gasteiger partial charge in [0.05, 0.1) is 32.7 Å². The summed E-state index contributed by atoms with van der Waals surface area (Å²) < 4.78 is 16.1. The van der Waals surface area contributed by atoms with Crippen molar-refractivity contribution in [1.29, 1.82) is 0 Å². The third-order valence-electron chi connectivity index (χ3n) is 4.32. The summed E-state index contributed by atoms with van der Waals surface area (Å²) in [4.78, 5) is 19.0. The predicted octanol–water partition coefficient (Wildman–Crippen LogP) is 3.57. The highest BCUT2D eigenvalue weighted by molar-refractivity contribution is 7.98. The van der Waals surface area contributed by atoms with Gasteiger partial charge < -0.3 is 24.4 Å². The number of oxime groups is 1. The van der Waals surface area contributed by atoms with E-state index in [-0.39, 0.29) is 5.91 Å². The predicted molar refractivity (Wildman–Crippen MR) is 109 cm³/mol. The average Bonchev–Trinajstić information content (AvgIpc) is 3.23. The second-order valence-electron chi connectivity index (χ2n) is 5.94. The second-order valence-corrected chi connectivity index (χ2v) is 6.79. The van der Waals surface area contributed by atoms with Gasteiger partial charge in [0.1, 0.15) is 0 Å². The van der Waals surface area contributed by atoms with Gasteiger partial charge in [0, 0.05) is 16.9 Å². The van der Waals surface area contributed by atoms with Crippen molar-refractivity contribution < 1.29 is 23.8 Å². The van der Waals surface area contributed by atoms with Crippen LogP contribution in [0.25, 0.3) is 0 Å². The largest absolute Gasteiger partial charge is 0.493 e. The summed E-state index contributed by atoms with van der Waals surface area (Å²) in [5.41, 5.74) is 2.14. The van der Waals surface area contributed by atoms with Crippen LogP contribution in [0, 0.1) is 0 Å². The molecule has 2 aromatic carbocycles. The Hall–Kier alpha value is -2.87. The molecule has 0 aliphatic carbocycles. The van der Waals surface area contributed by atoms with E-state index in [4.69, 9.17) is 19.0 Å². The Morgan fingerprint density at radius 1 is 1.14 bits per heavy atom. The molecule has 1 atom stereocenters. The summed E-state index contributed by atoms with van der Waals surface area (Å²) >= 11 is 1.57. The van der Waals surface area contributed by atoms with Crippen molar-refractivity contribution in [3.05, 3.63) is 42.0 Å². The number of para-hydroxylation sites is 1. The molecule has 1 aliphatic heterocycles. The molecule has 0 unspecified atom stereocenters. The van der Waals surface area contributed by atoms with Crippen LogP contribution in [0.4, 0.5) is 5.69 Å². The van der Waals surface area contributed by atoms with Crippen LogP contribution >= 0.6 is 11.8 Å². The molecule has 28 heavy (non-hydrogen) atoms. The number of nitrogens with one attached hydrogen (secondary N) is 1. The van der Waals surface area contributed by atoms with Gasteiger partial charge in [0.25, 0.3) is 5.91 Å². The van der Waals surface area contributed by atoms with E-state index in [0.717, 1.165) is 16.1 Å². The fourth-order valence-electron chi connectivity index (χ4n) is 2.90. The molecule has 148 valence electrons. The number of carbonyl (C=O) groups excluding carboxylic acids is 1. The number of methoxy groups -OCH3 is 3. The van der Waals surface area contributed by atoms with Gasteiger partial charge in [0.15, 0.2) is 11.5 Å². The van der Waals surface area contributed by atoms with Gasteiger partial charge in [-0.15, -0.1) is 11.8 Å². The van der Waals surface area contributed by atoms with Crippen LogP contribution in [0.2, 0.25) is 0 Å². The Bertz CT molecular complexity index is 875. The van der Waals surface area contributed by atoms with Gasteiger partial charge in [0.2, 0.25) is 11.9 Å². The zero-order valence-electron chi connectivity index (χ0n) is 16.1. The van der Waals surface area contributed by atoms with Gasteiger partial charge in [-0.1, -0.05) is 17.3 Å². The SMILES string of the molecule is COc1cc(C2=NO[C@@H](C(=O)Nc3ccccc3SC)C2)cc(OC)c1OC. The van der Waals surface area contributed by atoms with Crippen molar-refractivity contribution in [2.24, 2.45) is 5.16 Å². The van der Waals surface area contributed by atoms with Crippen LogP contribution in [0.5, 0.6) is 17.2 Å². The molecule has 3 rings (SSSR count). The summed E-state index contributed by atoms with van der Waals surface area (Å²) in [5.74, 6) is 1.28. The van der Waals surface area contributed by atoms with Gasteiger partial charge in [-0.2, -0.15) is 0 Å². The monoisotopic (exact) mass is 402 g/mol. The van der Waals surface area contributed by atoms with Crippen molar-refractivity contribution >= 4 is 29.1 Å². The number of anilines is 1. The van der Waals surface area contributed by atoms with Gasteiger partial charge in [-0.3, -0.25) is 4.79 Å². The maximum atomic E-state index is 12.6. The number of carbonyl (C=O) groups is 1. The van der Waals surface area contributed by atoms with Gasteiger partial charge >= 0.3 is 0 Å². The molecule has 0 bridgehead atoms.